The highest BCUT2D eigenvalue weighted by atomic mass is 32.2. The van der Waals surface area contributed by atoms with Crippen LogP contribution in [0.3, 0.4) is 0 Å². The topological polar surface area (TPSA) is 98.8 Å². The molecule has 7 heteroatoms. The quantitative estimate of drug-likeness (QED) is 0.785. The maximum Gasteiger partial charge on any atom is 0.248 e. The Balaban J connectivity index is 2.39. The molecule has 2 heterocycles. The van der Waals surface area contributed by atoms with Crippen LogP contribution in [0.2, 0.25) is 0 Å². The van der Waals surface area contributed by atoms with Crippen LogP contribution in [-0.4, -0.2) is 23.7 Å². The van der Waals surface area contributed by atoms with Gasteiger partial charge >= 0.3 is 0 Å². The molecule has 1 atom stereocenters. The summed E-state index contributed by atoms with van der Waals surface area (Å²) in [6.45, 7) is 0. The molecule has 0 saturated carbocycles. The lowest BCUT2D eigenvalue weighted by molar-refractivity contribution is 0.535. The summed E-state index contributed by atoms with van der Waals surface area (Å²) in [7, 11) is 0. The Bertz CT molecular complexity index is 611. The molecule has 6 nitrogen and oxygen atoms in total. The fourth-order valence-corrected chi connectivity index (χ4v) is 1.69. The molecule has 0 spiro atoms. The van der Waals surface area contributed by atoms with Crippen molar-refractivity contribution in [3.8, 4) is 11.3 Å². The van der Waals surface area contributed by atoms with Crippen molar-refractivity contribution in [2.24, 2.45) is 0 Å². The van der Waals surface area contributed by atoms with Gasteiger partial charge in [0, 0.05) is 24.0 Å². The maximum atomic E-state index is 11.1. The van der Waals surface area contributed by atoms with Crippen molar-refractivity contribution in [3.63, 3.8) is 0 Å². The lowest BCUT2D eigenvalue weighted by atomic mass is 10.2. The second-order valence-electron chi connectivity index (χ2n) is 3.25. The minimum Gasteiger partial charge on any atom is -0.772 e. The summed E-state index contributed by atoms with van der Waals surface area (Å²) in [6, 6.07) is 4.69. The van der Waals surface area contributed by atoms with Crippen LogP contribution in [0.4, 0.5) is 0 Å². The zero-order valence-electron chi connectivity index (χ0n) is 8.62. The summed E-state index contributed by atoms with van der Waals surface area (Å²) in [5, 5.41) is 0. The van der Waals surface area contributed by atoms with Crippen molar-refractivity contribution >= 4 is 11.1 Å². The smallest absolute Gasteiger partial charge is 0.248 e. The number of hydrogen-bond acceptors (Lipinski definition) is 5. The normalized spacial score (nSPS) is 12.3. The van der Waals surface area contributed by atoms with Crippen molar-refractivity contribution in [2.75, 3.05) is 0 Å². The number of aromatic amines is 1. The molecule has 0 bridgehead atoms. The van der Waals surface area contributed by atoms with E-state index in [1.807, 2.05) is 0 Å². The van der Waals surface area contributed by atoms with Crippen LogP contribution in [0.1, 0.15) is 5.82 Å². The van der Waals surface area contributed by atoms with Gasteiger partial charge in [-0.05, 0) is 23.2 Å². The SMILES string of the molecule is O=c1cc(-c2ccnc(CS(=O)[O-])n2)cc[nH]1. The van der Waals surface area contributed by atoms with Crippen molar-refractivity contribution in [2.45, 2.75) is 5.75 Å². The number of pyridine rings is 1. The van der Waals surface area contributed by atoms with E-state index in [9.17, 15) is 13.6 Å². The molecule has 0 aliphatic rings. The Morgan fingerprint density at radius 2 is 2.24 bits per heavy atom. The van der Waals surface area contributed by atoms with Crippen LogP contribution in [0, 0.1) is 0 Å². The van der Waals surface area contributed by atoms with E-state index in [-0.39, 0.29) is 17.1 Å². The van der Waals surface area contributed by atoms with Crippen LogP contribution in [0.5, 0.6) is 0 Å². The fourth-order valence-electron chi connectivity index (χ4n) is 1.34. The van der Waals surface area contributed by atoms with E-state index >= 15 is 0 Å². The standard InChI is InChI=1S/C10H9N3O3S/c14-10-5-7(1-3-12-10)8-2-4-11-9(13-8)6-17(15)16/h1-5H,6H2,(H,12,14)(H,15,16)/p-1. The minimum absolute atomic E-state index is 0.205. The number of rotatable bonds is 3. The molecule has 2 aromatic heterocycles. The predicted molar refractivity (Wildman–Crippen MR) is 60.7 cm³/mol. The minimum atomic E-state index is -2.23. The van der Waals surface area contributed by atoms with E-state index in [4.69, 9.17) is 0 Å². The summed E-state index contributed by atoms with van der Waals surface area (Å²) < 4.78 is 21.1. The first-order chi connectivity index (χ1) is 8.15. The lowest BCUT2D eigenvalue weighted by Gasteiger charge is -2.05. The van der Waals surface area contributed by atoms with Gasteiger partial charge in [0.2, 0.25) is 5.56 Å². The summed E-state index contributed by atoms with van der Waals surface area (Å²) in [5.74, 6) is -0.0343. The molecule has 0 aliphatic carbocycles. The summed E-state index contributed by atoms with van der Waals surface area (Å²) in [5.41, 5.74) is 0.899. The van der Waals surface area contributed by atoms with Crippen LogP contribution < -0.4 is 5.56 Å². The number of nitrogens with one attached hydrogen (secondary N) is 1. The summed E-state index contributed by atoms with van der Waals surface area (Å²) in [6.07, 6.45) is 2.97. The average molecular weight is 250 g/mol. The zero-order chi connectivity index (χ0) is 12.3. The monoisotopic (exact) mass is 250 g/mol. The largest absolute Gasteiger partial charge is 0.772 e. The third kappa shape index (κ3) is 3.05. The van der Waals surface area contributed by atoms with E-state index in [0.717, 1.165) is 0 Å². The Morgan fingerprint density at radius 3 is 2.94 bits per heavy atom. The van der Waals surface area contributed by atoms with Gasteiger partial charge in [-0.15, -0.1) is 0 Å². The first-order valence-electron chi connectivity index (χ1n) is 4.72. The van der Waals surface area contributed by atoms with Crippen LogP contribution in [0.25, 0.3) is 11.3 Å². The second-order valence-corrected chi connectivity index (χ2v) is 4.14. The van der Waals surface area contributed by atoms with E-state index < -0.39 is 11.1 Å². The zero-order valence-corrected chi connectivity index (χ0v) is 9.44. The van der Waals surface area contributed by atoms with Gasteiger partial charge in [-0.1, -0.05) is 0 Å². The maximum absolute atomic E-state index is 11.1. The lowest BCUT2D eigenvalue weighted by Crippen LogP contribution is -2.04. The van der Waals surface area contributed by atoms with Gasteiger partial charge in [-0.2, -0.15) is 0 Å². The van der Waals surface area contributed by atoms with Gasteiger partial charge < -0.3 is 9.54 Å². The van der Waals surface area contributed by atoms with Crippen LogP contribution in [-0.2, 0) is 16.8 Å². The van der Waals surface area contributed by atoms with Gasteiger partial charge in [-0.25, -0.2) is 9.97 Å². The highest BCUT2D eigenvalue weighted by Gasteiger charge is 2.02. The van der Waals surface area contributed by atoms with Crippen molar-refractivity contribution in [1.29, 1.82) is 0 Å². The average Bonchev–Trinajstić information content (AvgIpc) is 2.28. The third-order valence-electron chi connectivity index (χ3n) is 2.02. The third-order valence-corrected chi connectivity index (χ3v) is 2.52. The molecular formula is C10H8N3O3S-. The second kappa shape index (κ2) is 4.98. The van der Waals surface area contributed by atoms with Crippen molar-refractivity contribution < 1.29 is 8.76 Å². The summed E-state index contributed by atoms with van der Waals surface area (Å²) >= 11 is -2.23. The fraction of sp³-hybridized carbons (Fsp3) is 0.100. The molecule has 0 aliphatic heterocycles. The van der Waals surface area contributed by atoms with E-state index in [1.54, 1.807) is 12.1 Å². The molecule has 0 saturated heterocycles. The van der Waals surface area contributed by atoms with Crippen LogP contribution in [0.15, 0.2) is 35.4 Å². The van der Waals surface area contributed by atoms with Gasteiger partial charge in [0.15, 0.2) is 0 Å². The predicted octanol–water partition coefficient (Wildman–Crippen LogP) is 0.211. The van der Waals surface area contributed by atoms with Crippen molar-refractivity contribution in [1.82, 2.24) is 15.0 Å². The Kier molecular flexibility index (Phi) is 3.40. The first kappa shape index (κ1) is 11.6. The number of nitrogens with zero attached hydrogens (tertiary/aromatic N) is 2. The van der Waals surface area contributed by atoms with Gasteiger partial charge in [0.1, 0.15) is 5.82 Å². The molecule has 2 rings (SSSR count). The van der Waals surface area contributed by atoms with Crippen LogP contribution >= 0.6 is 0 Å². The molecule has 2 aromatic rings. The van der Waals surface area contributed by atoms with Crippen molar-refractivity contribution in [3.05, 3.63) is 46.8 Å². The Labute approximate surface area is 99.1 Å². The van der Waals surface area contributed by atoms with E-state index in [1.165, 1.54) is 18.5 Å². The van der Waals surface area contributed by atoms with Gasteiger partial charge in [-0.3, -0.25) is 9.00 Å². The molecule has 1 N–H and O–H groups in total. The molecule has 0 fully saturated rings. The summed E-state index contributed by atoms with van der Waals surface area (Å²) in [4.78, 5) is 21.5. The molecule has 1 unspecified atom stereocenters. The molecule has 88 valence electrons. The number of aromatic nitrogens is 3. The first-order valence-corrected chi connectivity index (χ1v) is 5.96. The molecule has 17 heavy (non-hydrogen) atoms. The van der Waals surface area contributed by atoms with E-state index in [2.05, 4.69) is 15.0 Å². The molecule has 0 aromatic carbocycles. The Morgan fingerprint density at radius 1 is 1.41 bits per heavy atom. The number of H-pyrrole nitrogens is 1. The van der Waals surface area contributed by atoms with Gasteiger partial charge in [0.05, 0.1) is 11.4 Å². The van der Waals surface area contributed by atoms with Gasteiger partial charge in [0.25, 0.3) is 0 Å². The molecule has 0 radical (unpaired) electrons. The number of hydrogen-bond donors (Lipinski definition) is 1. The molecular weight excluding hydrogens is 242 g/mol. The molecule has 0 amide bonds. The Hall–Kier alpha value is -1.86. The van der Waals surface area contributed by atoms with E-state index in [0.29, 0.717) is 11.3 Å². The highest BCUT2D eigenvalue weighted by molar-refractivity contribution is 7.78. The highest BCUT2D eigenvalue weighted by Crippen LogP contribution is 2.13.